The van der Waals surface area contributed by atoms with Crippen LogP contribution in [-0.4, -0.2) is 47.1 Å². The molecular formula is C22H34N6O2. The molecule has 2 heterocycles. The highest BCUT2D eigenvalue weighted by Gasteiger charge is 2.22. The van der Waals surface area contributed by atoms with Crippen molar-refractivity contribution in [1.29, 1.82) is 0 Å². The summed E-state index contributed by atoms with van der Waals surface area (Å²) in [5.41, 5.74) is 1.16. The van der Waals surface area contributed by atoms with E-state index in [0.29, 0.717) is 19.1 Å². The van der Waals surface area contributed by atoms with E-state index in [9.17, 15) is 0 Å². The Morgan fingerprint density at radius 3 is 2.93 bits per heavy atom. The molecule has 0 spiro atoms. The molecule has 30 heavy (non-hydrogen) atoms. The topological polar surface area (TPSA) is 85.6 Å². The van der Waals surface area contributed by atoms with Crippen molar-refractivity contribution < 1.29 is 9.47 Å². The molecule has 0 fully saturated rings. The van der Waals surface area contributed by atoms with Gasteiger partial charge in [0, 0.05) is 38.8 Å². The number of nitrogens with one attached hydrogen (secondary N) is 2. The molecule has 2 aromatic rings. The summed E-state index contributed by atoms with van der Waals surface area (Å²) in [6.45, 7) is 9.72. The van der Waals surface area contributed by atoms with Crippen molar-refractivity contribution in [2.75, 3.05) is 26.4 Å². The molecule has 1 aliphatic heterocycles. The molecule has 1 aliphatic rings. The Bertz CT molecular complexity index is 833. The average molecular weight is 415 g/mol. The zero-order valence-electron chi connectivity index (χ0n) is 18.5. The molecular weight excluding hydrogens is 380 g/mol. The van der Waals surface area contributed by atoms with Crippen LogP contribution in [0.15, 0.2) is 29.3 Å². The van der Waals surface area contributed by atoms with Crippen LogP contribution >= 0.6 is 0 Å². The van der Waals surface area contributed by atoms with Crippen molar-refractivity contribution >= 4 is 5.96 Å². The van der Waals surface area contributed by atoms with E-state index in [1.807, 2.05) is 36.7 Å². The van der Waals surface area contributed by atoms with Crippen LogP contribution in [0.3, 0.4) is 0 Å². The highest BCUT2D eigenvalue weighted by molar-refractivity contribution is 5.80. The molecule has 1 atom stereocenters. The van der Waals surface area contributed by atoms with Crippen LogP contribution in [0.5, 0.6) is 5.75 Å². The van der Waals surface area contributed by atoms with Gasteiger partial charge in [-0.15, -0.1) is 10.2 Å². The first-order valence-electron chi connectivity index (χ1n) is 10.7. The number of hydrogen-bond donors (Lipinski definition) is 2. The molecule has 0 bridgehead atoms. The molecule has 2 N–H and O–H groups in total. The number of para-hydroxylation sites is 1. The standard InChI is InChI=1S/C22H34N6O2/c1-16(2)15-29-12-7-11-23-22(24-14-21-27-26-17(3)28(21)4)25-19-10-13-30-20-9-6-5-8-18(19)20/h5-6,8-9,16,19H,7,10-15H2,1-4H3,(H2,23,24,25). The summed E-state index contributed by atoms with van der Waals surface area (Å²) < 4.78 is 13.4. The lowest BCUT2D eigenvalue weighted by atomic mass is 10.0. The summed E-state index contributed by atoms with van der Waals surface area (Å²) >= 11 is 0. The number of ether oxygens (including phenoxy) is 2. The minimum Gasteiger partial charge on any atom is -0.493 e. The molecule has 3 rings (SSSR count). The Morgan fingerprint density at radius 1 is 1.33 bits per heavy atom. The second-order valence-electron chi connectivity index (χ2n) is 8.01. The van der Waals surface area contributed by atoms with E-state index in [1.54, 1.807) is 0 Å². The molecule has 0 radical (unpaired) electrons. The van der Waals surface area contributed by atoms with Crippen LogP contribution in [-0.2, 0) is 18.3 Å². The normalized spacial score (nSPS) is 16.3. The van der Waals surface area contributed by atoms with Crippen molar-refractivity contribution in [2.24, 2.45) is 18.0 Å². The second-order valence-corrected chi connectivity index (χ2v) is 8.01. The number of guanidine groups is 1. The first-order valence-corrected chi connectivity index (χ1v) is 10.7. The van der Waals surface area contributed by atoms with Gasteiger partial charge >= 0.3 is 0 Å². The molecule has 1 aromatic carbocycles. The zero-order valence-corrected chi connectivity index (χ0v) is 18.5. The van der Waals surface area contributed by atoms with Crippen molar-refractivity contribution in [3.05, 3.63) is 41.5 Å². The summed E-state index contributed by atoms with van der Waals surface area (Å²) in [6.07, 6.45) is 1.80. The van der Waals surface area contributed by atoms with Gasteiger partial charge in [0.1, 0.15) is 18.1 Å². The Hall–Kier alpha value is -2.61. The number of nitrogens with zero attached hydrogens (tertiary/aromatic N) is 4. The summed E-state index contributed by atoms with van der Waals surface area (Å²) in [5, 5.41) is 15.4. The van der Waals surface area contributed by atoms with Gasteiger partial charge in [0.05, 0.1) is 12.6 Å². The third-order valence-corrected chi connectivity index (χ3v) is 5.04. The predicted octanol–water partition coefficient (Wildman–Crippen LogP) is 2.75. The third kappa shape index (κ3) is 6.19. The van der Waals surface area contributed by atoms with Crippen LogP contribution in [0.2, 0.25) is 0 Å². The highest BCUT2D eigenvalue weighted by Crippen LogP contribution is 2.31. The maximum Gasteiger partial charge on any atom is 0.192 e. The highest BCUT2D eigenvalue weighted by atomic mass is 16.5. The number of benzene rings is 1. The lowest BCUT2D eigenvalue weighted by Crippen LogP contribution is -2.41. The Kier molecular flexibility index (Phi) is 8.07. The molecule has 164 valence electrons. The van der Waals surface area contributed by atoms with E-state index in [1.165, 1.54) is 0 Å². The lowest BCUT2D eigenvalue weighted by Gasteiger charge is -2.28. The fourth-order valence-electron chi connectivity index (χ4n) is 3.25. The van der Waals surface area contributed by atoms with E-state index >= 15 is 0 Å². The summed E-state index contributed by atoms with van der Waals surface area (Å²) in [4.78, 5) is 4.77. The largest absolute Gasteiger partial charge is 0.493 e. The average Bonchev–Trinajstić information content (AvgIpc) is 3.06. The number of aromatic nitrogens is 3. The minimum absolute atomic E-state index is 0.152. The van der Waals surface area contributed by atoms with Gasteiger partial charge in [-0.2, -0.15) is 0 Å². The Balaban J connectivity index is 1.63. The molecule has 8 heteroatoms. The van der Waals surface area contributed by atoms with Gasteiger partial charge in [-0.25, -0.2) is 4.99 Å². The van der Waals surface area contributed by atoms with Crippen LogP contribution in [0.4, 0.5) is 0 Å². The van der Waals surface area contributed by atoms with Gasteiger partial charge in [0.15, 0.2) is 11.8 Å². The molecule has 1 unspecified atom stereocenters. The van der Waals surface area contributed by atoms with Gasteiger partial charge in [0.25, 0.3) is 0 Å². The molecule has 0 saturated heterocycles. The predicted molar refractivity (Wildman–Crippen MR) is 118 cm³/mol. The molecule has 0 amide bonds. The SMILES string of the molecule is Cc1nnc(CN=C(NCCCOCC(C)C)NC2CCOc3ccccc32)n1C. The quantitative estimate of drug-likeness (QED) is 0.373. The monoisotopic (exact) mass is 414 g/mol. The molecule has 0 aliphatic carbocycles. The summed E-state index contributed by atoms with van der Waals surface area (Å²) in [7, 11) is 1.96. The maximum atomic E-state index is 5.79. The molecule has 1 aromatic heterocycles. The van der Waals surface area contributed by atoms with Crippen molar-refractivity contribution in [3.8, 4) is 5.75 Å². The Labute approximate surface area is 179 Å². The van der Waals surface area contributed by atoms with Crippen molar-refractivity contribution in [2.45, 2.75) is 46.2 Å². The first-order chi connectivity index (χ1) is 14.5. The van der Waals surface area contributed by atoms with Gasteiger partial charge in [0.2, 0.25) is 0 Å². The van der Waals surface area contributed by atoms with Crippen LogP contribution < -0.4 is 15.4 Å². The number of fused-ring (bicyclic) bond motifs is 1. The number of aliphatic imine (C=N–C) groups is 1. The third-order valence-electron chi connectivity index (χ3n) is 5.04. The van der Waals surface area contributed by atoms with Gasteiger partial charge in [-0.05, 0) is 25.3 Å². The van der Waals surface area contributed by atoms with Crippen LogP contribution in [0.25, 0.3) is 0 Å². The maximum absolute atomic E-state index is 5.79. The van der Waals surface area contributed by atoms with Crippen LogP contribution in [0, 0.1) is 12.8 Å². The number of rotatable bonds is 9. The fourth-order valence-corrected chi connectivity index (χ4v) is 3.25. The van der Waals surface area contributed by atoms with E-state index < -0.39 is 0 Å². The van der Waals surface area contributed by atoms with E-state index in [-0.39, 0.29) is 6.04 Å². The molecule has 8 nitrogen and oxygen atoms in total. The summed E-state index contributed by atoms with van der Waals surface area (Å²) in [6, 6.07) is 8.32. The van der Waals surface area contributed by atoms with E-state index in [2.05, 4.69) is 40.7 Å². The van der Waals surface area contributed by atoms with E-state index in [0.717, 1.165) is 61.5 Å². The fraction of sp³-hybridized carbons (Fsp3) is 0.591. The van der Waals surface area contributed by atoms with Gasteiger partial charge < -0.3 is 24.7 Å². The van der Waals surface area contributed by atoms with Crippen LogP contribution in [0.1, 0.15) is 49.9 Å². The lowest BCUT2D eigenvalue weighted by molar-refractivity contribution is 0.108. The Morgan fingerprint density at radius 2 is 2.17 bits per heavy atom. The van der Waals surface area contributed by atoms with Crippen molar-refractivity contribution in [3.63, 3.8) is 0 Å². The zero-order chi connectivity index (χ0) is 21.3. The van der Waals surface area contributed by atoms with E-state index in [4.69, 9.17) is 14.5 Å². The van der Waals surface area contributed by atoms with Gasteiger partial charge in [-0.3, -0.25) is 0 Å². The molecule has 0 saturated carbocycles. The smallest absolute Gasteiger partial charge is 0.192 e. The first kappa shape index (κ1) is 22.1. The second kappa shape index (κ2) is 11.0. The number of hydrogen-bond acceptors (Lipinski definition) is 5. The van der Waals surface area contributed by atoms with Gasteiger partial charge in [-0.1, -0.05) is 32.0 Å². The minimum atomic E-state index is 0.152. The van der Waals surface area contributed by atoms with Crippen molar-refractivity contribution in [1.82, 2.24) is 25.4 Å². The summed E-state index contributed by atoms with van der Waals surface area (Å²) in [5.74, 6) is 3.97. The number of aryl methyl sites for hydroxylation is 1.